The van der Waals surface area contributed by atoms with Gasteiger partial charge in [-0.2, -0.15) is 0 Å². The molecule has 6 rings (SSSR count). The number of aromatic nitrogens is 1. The van der Waals surface area contributed by atoms with E-state index in [0.29, 0.717) is 36.3 Å². The fourth-order valence-electron chi connectivity index (χ4n) is 6.05. The number of hydrogen-bond acceptors (Lipinski definition) is 5. The lowest BCUT2D eigenvalue weighted by molar-refractivity contribution is 0.0763. The number of carbonyl (C=O) groups excluding carboxylic acids is 1. The first-order valence-corrected chi connectivity index (χ1v) is 13.8. The molecule has 1 saturated heterocycles. The smallest absolute Gasteiger partial charge is 0.259 e. The second kappa shape index (κ2) is 10.4. The number of nitrogens with one attached hydrogen (secondary N) is 2. The van der Waals surface area contributed by atoms with E-state index in [0.717, 1.165) is 59.7 Å². The van der Waals surface area contributed by atoms with Crippen molar-refractivity contribution in [3.05, 3.63) is 92.1 Å². The summed E-state index contributed by atoms with van der Waals surface area (Å²) in [4.78, 5) is 38.2. The molecule has 39 heavy (non-hydrogen) atoms. The number of hydrogen-bond donors (Lipinski definition) is 2. The number of fused-ring (bicyclic) bond motifs is 2. The van der Waals surface area contributed by atoms with E-state index in [1.54, 1.807) is 18.3 Å². The van der Waals surface area contributed by atoms with Crippen LogP contribution in [0.1, 0.15) is 57.9 Å². The van der Waals surface area contributed by atoms with Crippen LogP contribution < -0.4 is 10.9 Å². The molecule has 0 spiro atoms. The minimum Gasteiger partial charge on any atom is -0.382 e. The van der Waals surface area contributed by atoms with Gasteiger partial charge in [0.2, 0.25) is 0 Å². The summed E-state index contributed by atoms with van der Waals surface area (Å²) in [6.45, 7) is 8.51. The molecule has 7 nitrogen and oxygen atoms in total. The van der Waals surface area contributed by atoms with Crippen LogP contribution >= 0.6 is 0 Å². The van der Waals surface area contributed by atoms with Gasteiger partial charge in [-0.1, -0.05) is 6.07 Å². The number of H-pyrrole nitrogens is 1. The molecular weight excluding hydrogens is 493 g/mol. The van der Waals surface area contributed by atoms with Crippen LogP contribution in [0.2, 0.25) is 0 Å². The second-order valence-corrected chi connectivity index (χ2v) is 11.1. The molecule has 1 atom stereocenters. The summed E-state index contributed by atoms with van der Waals surface area (Å²) in [5.74, 6) is -0.167. The molecule has 0 bridgehead atoms. The molecule has 8 heteroatoms. The number of likely N-dealkylation sites (tertiary alicyclic amines) is 1. The van der Waals surface area contributed by atoms with Crippen molar-refractivity contribution in [1.82, 2.24) is 14.8 Å². The van der Waals surface area contributed by atoms with Crippen LogP contribution in [0.15, 0.2) is 52.4 Å². The van der Waals surface area contributed by atoms with Gasteiger partial charge in [-0.05, 0) is 98.8 Å². The van der Waals surface area contributed by atoms with Crippen LogP contribution in [-0.4, -0.2) is 58.6 Å². The van der Waals surface area contributed by atoms with E-state index < -0.39 is 0 Å². The average molecular weight is 528 g/mol. The van der Waals surface area contributed by atoms with Gasteiger partial charge in [0.15, 0.2) is 0 Å². The maximum atomic E-state index is 13.8. The molecule has 2 aromatic carbocycles. The average Bonchev–Trinajstić information content (AvgIpc) is 3.63. The maximum absolute atomic E-state index is 13.8. The van der Waals surface area contributed by atoms with Crippen molar-refractivity contribution in [2.75, 3.05) is 31.5 Å². The first-order valence-electron chi connectivity index (χ1n) is 13.8. The van der Waals surface area contributed by atoms with Crippen molar-refractivity contribution in [2.45, 2.75) is 52.1 Å². The number of rotatable bonds is 8. The van der Waals surface area contributed by atoms with Crippen molar-refractivity contribution in [3.8, 4) is 0 Å². The summed E-state index contributed by atoms with van der Waals surface area (Å²) >= 11 is 0. The Morgan fingerprint density at radius 3 is 2.72 bits per heavy atom. The highest BCUT2D eigenvalue weighted by atomic mass is 19.1. The third-order valence-corrected chi connectivity index (χ3v) is 8.17. The van der Waals surface area contributed by atoms with Crippen molar-refractivity contribution < 1.29 is 9.18 Å². The molecule has 1 fully saturated rings. The first kappa shape index (κ1) is 25.5. The number of aromatic amines is 1. The Morgan fingerprint density at radius 1 is 1.08 bits per heavy atom. The third-order valence-electron chi connectivity index (χ3n) is 8.17. The molecule has 3 aliphatic rings. The quantitative estimate of drug-likeness (QED) is 0.449. The summed E-state index contributed by atoms with van der Waals surface area (Å²) in [5.41, 5.74) is 7.20. The maximum Gasteiger partial charge on any atom is 0.259 e. The van der Waals surface area contributed by atoms with Crippen molar-refractivity contribution >= 4 is 23.0 Å². The number of aliphatic imine (C=N–C) groups is 1. The fourth-order valence-corrected chi connectivity index (χ4v) is 6.05. The van der Waals surface area contributed by atoms with E-state index in [1.807, 2.05) is 36.9 Å². The first-order chi connectivity index (χ1) is 18.9. The number of halogens is 1. The highest BCUT2D eigenvalue weighted by Crippen LogP contribution is 2.36. The van der Waals surface area contributed by atoms with Gasteiger partial charge in [-0.25, -0.2) is 4.39 Å². The van der Waals surface area contributed by atoms with Gasteiger partial charge in [-0.15, -0.1) is 0 Å². The number of benzene rings is 2. The summed E-state index contributed by atoms with van der Waals surface area (Å²) < 4.78 is 13.8. The van der Waals surface area contributed by atoms with Crippen LogP contribution in [-0.2, 0) is 19.4 Å². The van der Waals surface area contributed by atoms with Crippen LogP contribution in [0.4, 0.5) is 15.8 Å². The number of pyridine rings is 1. The Bertz CT molecular complexity index is 1520. The van der Waals surface area contributed by atoms with E-state index in [2.05, 4.69) is 15.2 Å². The predicted octanol–water partition coefficient (Wildman–Crippen LogP) is 4.59. The normalized spacial score (nSPS) is 17.4. The van der Waals surface area contributed by atoms with Gasteiger partial charge in [-0.3, -0.25) is 14.6 Å². The Balaban J connectivity index is 1.20. The molecule has 4 heterocycles. The Kier molecular flexibility index (Phi) is 6.81. The van der Waals surface area contributed by atoms with Crippen LogP contribution in [0.3, 0.4) is 0 Å². The standard InChI is InChI=1S/C31H34FN5O2/c1-19-5-6-24(32)14-21(19)13-20(2)34-26-7-8-33-30(38)29(26)28-16-22-15-25-23(17-27(22)35-28)18-37(31(25)39)12-11-36-9-3-4-10-36/h5-8,14-15,17,20H,3-4,9-13,16,18H2,1-2H3,(H2,33,34,38)/t20-/m0/s1. The van der Waals surface area contributed by atoms with Gasteiger partial charge >= 0.3 is 0 Å². The van der Waals surface area contributed by atoms with Crippen LogP contribution in [0, 0.1) is 12.7 Å². The van der Waals surface area contributed by atoms with Gasteiger partial charge in [0, 0.05) is 43.9 Å². The topological polar surface area (TPSA) is 80.8 Å². The molecule has 3 aliphatic heterocycles. The minimum absolute atomic E-state index is 0.0385. The zero-order valence-electron chi connectivity index (χ0n) is 22.5. The van der Waals surface area contributed by atoms with Gasteiger partial charge in [0.05, 0.1) is 22.6 Å². The highest BCUT2D eigenvalue weighted by molar-refractivity contribution is 6.10. The summed E-state index contributed by atoms with van der Waals surface area (Å²) in [5, 5.41) is 3.46. The number of anilines is 1. The van der Waals surface area contributed by atoms with Gasteiger partial charge in [0.25, 0.3) is 11.5 Å². The van der Waals surface area contributed by atoms with E-state index >= 15 is 0 Å². The molecule has 2 N–H and O–H groups in total. The summed E-state index contributed by atoms with van der Waals surface area (Å²) in [6.07, 6.45) is 5.22. The van der Waals surface area contributed by atoms with E-state index in [-0.39, 0.29) is 23.3 Å². The van der Waals surface area contributed by atoms with Crippen molar-refractivity contribution in [3.63, 3.8) is 0 Å². The number of carbonyl (C=O) groups is 1. The lowest BCUT2D eigenvalue weighted by atomic mass is 9.99. The molecule has 0 saturated carbocycles. The second-order valence-electron chi connectivity index (χ2n) is 11.1. The minimum atomic E-state index is -0.252. The molecule has 3 aromatic rings. The van der Waals surface area contributed by atoms with Gasteiger partial charge < -0.3 is 20.1 Å². The Hall–Kier alpha value is -3.78. The monoisotopic (exact) mass is 527 g/mol. The van der Waals surface area contributed by atoms with Gasteiger partial charge in [0.1, 0.15) is 5.82 Å². The van der Waals surface area contributed by atoms with Crippen molar-refractivity contribution in [2.24, 2.45) is 4.99 Å². The predicted molar refractivity (Wildman–Crippen MR) is 152 cm³/mol. The highest BCUT2D eigenvalue weighted by Gasteiger charge is 2.31. The molecular formula is C31H34FN5O2. The molecule has 0 unspecified atom stereocenters. The molecule has 1 amide bonds. The Labute approximate surface area is 227 Å². The van der Waals surface area contributed by atoms with Crippen LogP contribution in [0.25, 0.3) is 0 Å². The summed E-state index contributed by atoms with van der Waals surface area (Å²) in [7, 11) is 0. The number of amides is 1. The zero-order valence-corrected chi connectivity index (χ0v) is 22.5. The van der Waals surface area contributed by atoms with Crippen LogP contribution in [0.5, 0.6) is 0 Å². The SMILES string of the molecule is Cc1ccc(F)cc1C[C@H](C)Nc1cc[nH]c(=O)c1C1=Nc2cc3c(cc2C1)C(=O)N(CCN1CCCC1)C3. The molecule has 0 aliphatic carbocycles. The van der Waals surface area contributed by atoms with E-state index in [9.17, 15) is 14.0 Å². The Morgan fingerprint density at radius 2 is 1.90 bits per heavy atom. The lowest BCUT2D eigenvalue weighted by Crippen LogP contribution is -2.33. The lowest BCUT2D eigenvalue weighted by Gasteiger charge is -2.20. The molecule has 0 radical (unpaired) electrons. The largest absolute Gasteiger partial charge is 0.382 e. The molecule has 202 valence electrons. The number of aryl methyl sites for hydroxylation is 1. The van der Waals surface area contributed by atoms with Crippen molar-refractivity contribution in [1.29, 1.82) is 0 Å². The molecule has 1 aromatic heterocycles. The summed E-state index contributed by atoms with van der Waals surface area (Å²) in [6, 6.07) is 10.6. The fraction of sp³-hybridized carbons (Fsp3) is 0.387. The third kappa shape index (κ3) is 5.13. The van der Waals surface area contributed by atoms with E-state index in [1.165, 1.54) is 18.9 Å². The van der Waals surface area contributed by atoms with E-state index in [4.69, 9.17) is 4.99 Å². The zero-order chi connectivity index (χ0) is 27.1. The number of nitrogens with zero attached hydrogens (tertiary/aromatic N) is 3.